The quantitative estimate of drug-likeness (QED) is 0.835. The Kier molecular flexibility index (Phi) is 4.23. The molecule has 0 saturated carbocycles. The molecule has 0 aliphatic heterocycles. The van der Waals surface area contributed by atoms with Crippen LogP contribution in [0.3, 0.4) is 0 Å². The van der Waals surface area contributed by atoms with Gasteiger partial charge in [-0.15, -0.1) is 0 Å². The van der Waals surface area contributed by atoms with Gasteiger partial charge in [0.2, 0.25) is 0 Å². The number of hydrogen-bond donors (Lipinski definition) is 1. The first-order valence-electron chi connectivity index (χ1n) is 5.57. The maximum Gasteiger partial charge on any atom is 0.129 e. The summed E-state index contributed by atoms with van der Waals surface area (Å²) >= 11 is 9.26. The van der Waals surface area contributed by atoms with E-state index in [0.717, 1.165) is 0 Å². The molecule has 2 aromatic carbocycles. The molecule has 0 saturated heterocycles. The lowest BCUT2D eigenvalue weighted by Crippen LogP contribution is -2.15. The summed E-state index contributed by atoms with van der Waals surface area (Å²) < 4.78 is 27.8. The molecule has 1 atom stereocenters. The molecule has 19 heavy (non-hydrogen) atoms. The van der Waals surface area contributed by atoms with Gasteiger partial charge in [0, 0.05) is 15.1 Å². The molecule has 0 aliphatic carbocycles. The Morgan fingerprint density at radius 3 is 2.53 bits per heavy atom. The highest BCUT2D eigenvalue weighted by Gasteiger charge is 2.20. The van der Waals surface area contributed by atoms with Crippen LogP contribution in [0.25, 0.3) is 0 Å². The SMILES string of the molecule is Cc1cc(C(N)c2c(F)cccc2Br)c(Cl)cc1F. The first kappa shape index (κ1) is 14.4. The van der Waals surface area contributed by atoms with Gasteiger partial charge in [0.1, 0.15) is 11.6 Å². The molecule has 0 spiro atoms. The minimum absolute atomic E-state index is 0.186. The molecule has 0 bridgehead atoms. The van der Waals surface area contributed by atoms with E-state index in [1.165, 1.54) is 12.1 Å². The van der Waals surface area contributed by atoms with Gasteiger partial charge >= 0.3 is 0 Å². The number of halogens is 4. The third kappa shape index (κ3) is 2.81. The zero-order valence-corrected chi connectivity index (χ0v) is 12.4. The van der Waals surface area contributed by atoms with E-state index in [1.54, 1.807) is 25.1 Å². The van der Waals surface area contributed by atoms with Crippen LogP contribution in [0.2, 0.25) is 5.02 Å². The van der Waals surface area contributed by atoms with Crippen molar-refractivity contribution in [1.29, 1.82) is 0 Å². The first-order valence-corrected chi connectivity index (χ1v) is 6.74. The van der Waals surface area contributed by atoms with Crippen LogP contribution in [0.1, 0.15) is 22.7 Å². The van der Waals surface area contributed by atoms with E-state index in [0.29, 0.717) is 21.2 Å². The van der Waals surface area contributed by atoms with E-state index < -0.39 is 17.7 Å². The van der Waals surface area contributed by atoms with Crippen molar-refractivity contribution in [3.8, 4) is 0 Å². The average Bonchev–Trinajstić information content (AvgIpc) is 2.33. The second kappa shape index (κ2) is 5.57. The maximum atomic E-state index is 13.9. The van der Waals surface area contributed by atoms with Crippen LogP contribution >= 0.6 is 27.5 Å². The highest BCUT2D eigenvalue weighted by atomic mass is 79.9. The molecule has 100 valence electrons. The van der Waals surface area contributed by atoms with Gasteiger partial charge in [-0.3, -0.25) is 0 Å². The van der Waals surface area contributed by atoms with Crippen LogP contribution in [-0.2, 0) is 0 Å². The number of hydrogen-bond acceptors (Lipinski definition) is 1. The Labute approximate surface area is 123 Å². The normalized spacial score (nSPS) is 12.5. The summed E-state index contributed by atoms with van der Waals surface area (Å²) in [5, 5.41) is 0.186. The standard InChI is InChI=1S/C14H11BrClF2N/c1-7-5-8(10(16)6-12(7)18)14(19)13-9(15)3-2-4-11(13)17/h2-6,14H,19H2,1H3. The molecule has 5 heteroatoms. The van der Waals surface area contributed by atoms with Crippen LogP contribution in [0, 0.1) is 18.6 Å². The monoisotopic (exact) mass is 345 g/mol. The Hall–Kier alpha value is -0.970. The molecule has 2 rings (SSSR count). The molecule has 0 heterocycles. The van der Waals surface area contributed by atoms with E-state index >= 15 is 0 Å². The fraction of sp³-hybridized carbons (Fsp3) is 0.143. The van der Waals surface area contributed by atoms with Gasteiger partial charge in [-0.1, -0.05) is 33.6 Å². The predicted molar refractivity (Wildman–Crippen MR) is 76.3 cm³/mol. The van der Waals surface area contributed by atoms with Gasteiger partial charge in [0.05, 0.1) is 6.04 Å². The Balaban J connectivity index is 2.56. The van der Waals surface area contributed by atoms with Crippen LogP contribution in [0.5, 0.6) is 0 Å². The molecule has 1 nitrogen and oxygen atoms in total. The minimum Gasteiger partial charge on any atom is -0.320 e. The van der Waals surface area contributed by atoms with Gasteiger partial charge in [0.25, 0.3) is 0 Å². The minimum atomic E-state index is -0.762. The van der Waals surface area contributed by atoms with Crippen LogP contribution < -0.4 is 5.73 Å². The first-order chi connectivity index (χ1) is 8.91. The number of benzene rings is 2. The van der Waals surface area contributed by atoms with Crippen LogP contribution in [0.15, 0.2) is 34.8 Å². The fourth-order valence-corrected chi connectivity index (χ4v) is 2.74. The Bertz CT molecular complexity index is 611. The molecule has 0 radical (unpaired) electrons. The second-order valence-corrected chi connectivity index (χ2v) is 5.50. The largest absolute Gasteiger partial charge is 0.320 e. The van der Waals surface area contributed by atoms with Crippen molar-refractivity contribution < 1.29 is 8.78 Å². The lowest BCUT2D eigenvalue weighted by atomic mass is 9.97. The predicted octanol–water partition coefficient (Wildman–Crippen LogP) is 4.74. The van der Waals surface area contributed by atoms with Crippen LogP contribution in [-0.4, -0.2) is 0 Å². The zero-order chi connectivity index (χ0) is 14.2. The Morgan fingerprint density at radius 2 is 1.89 bits per heavy atom. The molecular formula is C14H11BrClF2N. The number of aryl methyl sites for hydroxylation is 1. The maximum absolute atomic E-state index is 13.9. The molecule has 1 unspecified atom stereocenters. The Morgan fingerprint density at radius 1 is 1.21 bits per heavy atom. The van der Waals surface area contributed by atoms with Crippen molar-refractivity contribution in [2.24, 2.45) is 5.73 Å². The van der Waals surface area contributed by atoms with Crippen molar-refractivity contribution in [3.63, 3.8) is 0 Å². The molecule has 0 amide bonds. The summed E-state index contributed by atoms with van der Waals surface area (Å²) in [6, 6.07) is 6.57. The fourth-order valence-electron chi connectivity index (χ4n) is 1.88. The van der Waals surface area contributed by atoms with Crippen molar-refractivity contribution in [1.82, 2.24) is 0 Å². The summed E-state index contributed by atoms with van der Waals surface area (Å²) in [4.78, 5) is 0. The smallest absolute Gasteiger partial charge is 0.129 e. The molecule has 2 N–H and O–H groups in total. The third-order valence-electron chi connectivity index (χ3n) is 2.92. The van der Waals surface area contributed by atoms with Gasteiger partial charge in [-0.2, -0.15) is 0 Å². The van der Waals surface area contributed by atoms with Gasteiger partial charge < -0.3 is 5.73 Å². The summed E-state index contributed by atoms with van der Waals surface area (Å²) in [6.45, 7) is 1.61. The summed E-state index contributed by atoms with van der Waals surface area (Å²) in [7, 11) is 0. The van der Waals surface area contributed by atoms with Gasteiger partial charge in [0.15, 0.2) is 0 Å². The third-order valence-corrected chi connectivity index (χ3v) is 3.94. The van der Waals surface area contributed by atoms with E-state index in [9.17, 15) is 8.78 Å². The second-order valence-electron chi connectivity index (χ2n) is 4.24. The van der Waals surface area contributed by atoms with E-state index in [1.807, 2.05) is 0 Å². The number of rotatable bonds is 2. The van der Waals surface area contributed by atoms with E-state index in [2.05, 4.69) is 15.9 Å². The highest BCUT2D eigenvalue weighted by Crippen LogP contribution is 2.33. The van der Waals surface area contributed by atoms with Gasteiger partial charge in [-0.05, 0) is 42.3 Å². The highest BCUT2D eigenvalue weighted by molar-refractivity contribution is 9.10. The summed E-state index contributed by atoms with van der Waals surface area (Å²) in [6.07, 6.45) is 0. The van der Waals surface area contributed by atoms with E-state index in [4.69, 9.17) is 17.3 Å². The summed E-state index contributed by atoms with van der Waals surface area (Å²) in [5.74, 6) is -0.839. The molecule has 0 aliphatic rings. The van der Waals surface area contributed by atoms with E-state index in [-0.39, 0.29) is 5.02 Å². The topological polar surface area (TPSA) is 26.0 Å². The zero-order valence-electron chi connectivity index (χ0n) is 10.1. The molecule has 2 aromatic rings. The lowest BCUT2D eigenvalue weighted by molar-refractivity contribution is 0.596. The van der Waals surface area contributed by atoms with Crippen molar-refractivity contribution in [2.75, 3.05) is 0 Å². The van der Waals surface area contributed by atoms with Crippen molar-refractivity contribution in [3.05, 3.63) is 68.2 Å². The molecule has 0 aromatic heterocycles. The number of nitrogens with two attached hydrogens (primary N) is 1. The average molecular weight is 347 g/mol. The summed E-state index contributed by atoms with van der Waals surface area (Å²) in [5.41, 5.74) is 7.27. The lowest BCUT2D eigenvalue weighted by Gasteiger charge is -2.17. The molecular weight excluding hydrogens is 336 g/mol. The van der Waals surface area contributed by atoms with Gasteiger partial charge in [-0.25, -0.2) is 8.78 Å². The van der Waals surface area contributed by atoms with Crippen molar-refractivity contribution >= 4 is 27.5 Å². The van der Waals surface area contributed by atoms with Crippen molar-refractivity contribution in [2.45, 2.75) is 13.0 Å². The van der Waals surface area contributed by atoms with Crippen LogP contribution in [0.4, 0.5) is 8.78 Å². The molecule has 0 fully saturated rings.